The van der Waals surface area contributed by atoms with Crippen molar-refractivity contribution < 1.29 is 9.25 Å². The largest absolute Gasteiger partial charge is 0.448 e. The number of hydroxylamine groups is 2. The second-order valence-corrected chi connectivity index (χ2v) is 5.81. The molecule has 0 bridgehead atoms. The molecular weight excluding hydrogens is 264 g/mol. The molecule has 3 unspecified atom stereocenters. The van der Waals surface area contributed by atoms with E-state index in [1.165, 1.54) is 19.3 Å². The normalized spacial score (nSPS) is 32.1. The minimum atomic E-state index is -0.0713. The predicted molar refractivity (Wildman–Crippen MR) is 73.1 cm³/mol. The number of halogens is 1. The van der Waals surface area contributed by atoms with Crippen molar-refractivity contribution in [3.8, 4) is 0 Å². The summed E-state index contributed by atoms with van der Waals surface area (Å²) in [5.74, 6) is 1.82. The van der Waals surface area contributed by atoms with E-state index in [1.54, 1.807) is 6.07 Å². The molecule has 1 aromatic rings. The molecule has 19 heavy (non-hydrogen) atoms. The minimum Gasteiger partial charge on any atom is -0.448 e. The van der Waals surface area contributed by atoms with E-state index in [1.807, 2.05) is 17.2 Å². The fourth-order valence-corrected chi connectivity index (χ4v) is 3.23. The summed E-state index contributed by atoms with van der Waals surface area (Å²) in [4.78, 5) is 5.72. The van der Waals surface area contributed by atoms with Crippen molar-refractivity contribution in [2.24, 2.45) is 11.7 Å². The first-order valence-corrected chi connectivity index (χ1v) is 7.22. The molecule has 0 radical (unpaired) electrons. The standard InChI is InChI=1S/C14H19ClN2O2/c1-9-4-2-3-5-10(9)17-11(8-14(16)19-17)12-6-7-13(15)18-12/h6-11H,2-5,16H2,1H3. The number of nitrogens with two attached hydrogens (primary N) is 1. The highest BCUT2D eigenvalue weighted by Crippen LogP contribution is 2.39. The van der Waals surface area contributed by atoms with Crippen LogP contribution in [0.25, 0.3) is 0 Å². The summed E-state index contributed by atoms with van der Waals surface area (Å²) in [5, 5.41) is 2.37. The summed E-state index contributed by atoms with van der Waals surface area (Å²) in [5.41, 5.74) is 5.83. The molecule has 104 valence electrons. The topological polar surface area (TPSA) is 51.6 Å². The van der Waals surface area contributed by atoms with Crippen molar-refractivity contribution in [3.05, 3.63) is 35.1 Å². The van der Waals surface area contributed by atoms with E-state index >= 15 is 0 Å². The van der Waals surface area contributed by atoms with Gasteiger partial charge in [-0.25, -0.2) is 0 Å². The molecule has 1 aromatic heterocycles. The van der Waals surface area contributed by atoms with Gasteiger partial charge in [-0.05, 0) is 42.5 Å². The lowest BCUT2D eigenvalue weighted by Gasteiger charge is -2.37. The van der Waals surface area contributed by atoms with Gasteiger partial charge in [0, 0.05) is 12.1 Å². The van der Waals surface area contributed by atoms with Crippen LogP contribution in [0, 0.1) is 5.92 Å². The third kappa shape index (κ3) is 2.47. The number of rotatable bonds is 2. The predicted octanol–water partition coefficient (Wildman–Crippen LogP) is 3.60. The molecule has 1 aliphatic heterocycles. The summed E-state index contributed by atoms with van der Waals surface area (Å²) >= 11 is 5.86. The highest BCUT2D eigenvalue weighted by Gasteiger charge is 2.38. The maximum atomic E-state index is 5.86. The van der Waals surface area contributed by atoms with E-state index in [9.17, 15) is 0 Å². The Labute approximate surface area is 118 Å². The summed E-state index contributed by atoms with van der Waals surface area (Å²) in [7, 11) is 0. The van der Waals surface area contributed by atoms with E-state index in [2.05, 4.69) is 6.92 Å². The van der Waals surface area contributed by atoms with Crippen molar-refractivity contribution in [2.45, 2.75) is 44.7 Å². The van der Waals surface area contributed by atoms with Gasteiger partial charge in [-0.1, -0.05) is 19.8 Å². The smallest absolute Gasteiger partial charge is 0.207 e. The van der Waals surface area contributed by atoms with Gasteiger partial charge in [0.05, 0.1) is 0 Å². The van der Waals surface area contributed by atoms with E-state index in [-0.39, 0.29) is 6.04 Å². The number of nitrogens with zero attached hydrogens (tertiary/aromatic N) is 1. The monoisotopic (exact) mass is 282 g/mol. The average Bonchev–Trinajstić information content (AvgIpc) is 2.96. The Morgan fingerprint density at radius 2 is 2.11 bits per heavy atom. The second kappa shape index (κ2) is 5.10. The van der Waals surface area contributed by atoms with Gasteiger partial charge in [0.25, 0.3) is 0 Å². The lowest BCUT2D eigenvalue weighted by molar-refractivity contribution is -0.173. The van der Waals surface area contributed by atoms with E-state index < -0.39 is 0 Å². The molecule has 0 aromatic carbocycles. The first-order chi connectivity index (χ1) is 9.15. The van der Waals surface area contributed by atoms with Crippen LogP contribution < -0.4 is 5.73 Å². The Balaban J connectivity index is 1.84. The molecule has 0 amide bonds. The highest BCUT2D eigenvalue weighted by molar-refractivity contribution is 6.28. The quantitative estimate of drug-likeness (QED) is 0.900. The molecule has 1 saturated carbocycles. The van der Waals surface area contributed by atoms with Crippen LogP contribution >= 0.6 is 11.6 Å². The van der Waals surface area contributed by atoms with Crippen LogP contribution in [-0.4, -0.2) is 11.1 Å². The molecule has 2 aliphatic rings. The molecule has 3 atom stereocenters. The molecule has 0 spiro atoms. The molecule has 0 saturated heterocycles. The third-order valence-electron chi connectivity index (χ3n) is 4.09. The Morgan fingerprint density at radius 3 is 2.79 bits per heavy atom. The zero-order valence-electron chi connectivity index (χ0n) is 11.0. The lowest BCUT2D eigenvalue weighted by atomic mass is 9.85. The third-order valence-corrected chi connectivity index (χ3v) is 4.29. The molecule has 5 heteroatoms. The fourth-order valence-electron chi connectivity index (χ4n) is 3.08. The Hall–Kier alpha value is -1.13. The summed E-state index contributed by atoms with van der Waals surface area (Å²) < 4.78 is 5.52. The van der Waals surface area contributed by atoms with Gasteiger partial charge < -0.3 is 15.0 Å². The Morgan fingerprint density at radius 1 is 1.32 bits per heavy atom. The first kappa shape index (κ1) is 12.9. The number of hydrogen-bond donors (Lipinski definition) is 1. The molecule has 3 rings (SSSR count). The SMILES string of the molecule is CC1CCCCC1N1OC(N)=CC1c1ccc(Cl)o1. The van der Waals surface area contributed by atoms with E-state index in [0.29, 0.717) is 23.1 Å². The van der Waals surface area contributed by atoms with E-state index in [4.69, 9.17) is 26.6 Å². The van der Waals surface area contributed by atoms with Crippen LogP contribution in [0.5, 0.6) is 0 Å². The second-order valence-electron chi connectivity index (χ2n) is 5.44. The van der Waals surface area contributed by atoms with Gasteiger partial charge in [-0.15, -0.1) is 5.06 Å². The van der Waals surface area contributed by atoms with Crippen LogP contribution in [0.15, 0.2) is 28.5 Å². The van der Waals surface area contributed by atoms with Crippen LogP contribution in [0.3, 0.4) is 0 Å². The van der Waals surface area contributed by atoms with Gasteiger partial charge in [0.15, 0.2) is 5.22 Å². The van der Waals surface area contributed by atoms with Gasteiger partial charge >= 0.3 is 0 Å². The van der Waals surface area contributed by atoms with Crippen molar-refractivity contribution in [3.63, 3.8) is 0 Å². The van der Waals surface area contributed by atoms with Crippen molar-refractivity contribution in [2.75, 3.05) is 0 Å². The molecule has 4 nitrogen and oxygen atoms in total. The van der Waals surface area contributed by atoms with Crippen molar-refractivity contribution in [1.29, 1.82) is 0 Å². The molecule has 1 fully saturated rings. The summed E-state index contributed by atoms with van der Waals surface area (Å²) in [6, 6.07) is 3.94. The lowest BCUT2D eigenvalue weighted by Crippen LogP contribution is -2.41. The number of hydrogen-bond acceptors (Lipinski definition) is 4. The van der Waals surface area contributed by atoms with Crippen LogP contribution in [0.1, 0.15) is 44.4 Å². The Bertz CT molecular complexity index is 486. The molecule has 2 N–H and O–H groups in total. The van der Waals surface area contributed by atoms with Crippen LogP contribution in [0.2, 0.25) is 5.22 Å². The summed E-state index contributed by atoms with van der Waals surface area (Å²) in [6.07, 6.45) is 6.78. The van der Waals surface area contributed by atoms with Crippen molar-refractivity contribution in [1.82, 2.24) is 5.06 Å². The van der Waals surface area contributed by atoms with Gasteiger partial charge in [0.2, 0.25) is 5.88 Å². The zero-order valence-corrected chi connectivity index (χ0v) is 11.8. The van der Waals surface area contributed by atoms with Crippen LogP contribution in [-0.2, 0) is 4.84 Å². The highest BCUT2D eigenvalue weighted by atomic mass is 35.5. The molecular formula is C14H19ClN2O2. The summed E-state index contributed by atoms with van der Waals surface area (Å²) in [6.45, 7) is 2.27. The zero-order chi connectivity index (χ0) is 13.4. The molecule has 1 aliphatic carbocycles. The van der Waals surface area contributed by atoms with Gasteiger partial charge in [-0.2, -0.15) is 0 Å². The van der Waals surface area contributed by atoms with E-state index in [0.717, 1.165) is 12.2 Å². The molecule has 2 heterocycles. The van der Waals surface area contributed by atoms with Gasteiger partial charge in [-0.3, -0.25) is 0 Å². The van der Waals surface area contributed by atoms with Crippen LogP contribution in [0.4, 0.5) is 0 Å². The van der Waals surface area contributed by atoms with Gasteiger partial charge in [0.1, 0.15) is 11.8 Å². The fraction of sp³-hybridized carbons (Fsp3) is 0.571. The number of furan rings is 1. The van der Waals surface area contributed by atoms with Crippen molar-refractivity contribution >= 4 is 11.6 Å². The Kier molecular flexibility index (Phi) is 3.46. The minimum absolute atomic E-state index is 0.0713. The maximum absolute atomic E-state index is 5.86. The maximum Gasteiger partial charge on any atom is 0.207 e. The average molecular weight is 283 g/mol. The first-order valence-electron chi connectivity index (χ1n) is 6.84.